The van der Waals surface area contributed by atoms with Crippen LogP contribution in [0.3, 0.4) is 0 Å². The minimum Gasteiger partial charge on any atom is -0.390 e. The zero-order valence-electron chi connectivity index (χ0n) is 25.3. The molecule has 1 aliphatic rings. The van der Waals surface area contributed by atoms with Crippen molar-refractivity contribution in [2.75, 3.05) is 13.1 Å². The lowest BCUT2D eigenvalue weighted by molar-refractivity contribution is -0.137. The molecule has 3 atom stereocenters. The van der Waals surface area contributed by atoms with Crippen molar-refractivity contribution in [2.45, 2.75) is 89.8 Å². The van der Waals surface area contributed by atoms with Gasteiger partial charge in [0.2, 0.25) is 0 Å². The fourth-order valence-corrected chi connectivity index (χ4v) is 5.75. The Morgan fingerprint density at radius 2 is 1.80 bits per heavy atom. The third-order valence-corrected chi connectivity index (χ3v) is 8.06. The molecule has 238 valence electrons. The number of likely N-dealkylation sites (tertiary alicyclic amines) is 1. The Balaban J connectivity index is 1.47. The van der Waals surface area contributed by atoms with Gasteiger partial charge >= 0.3 is 6.18 Å². The number of carbonyl (C=O) groups is 2. The van der Waals surface area contributed by atoms with Crippen LogP contribution in [-0.2, 0) is 25.7 Å². The molecule has 2 amide bonds. The predicted octanol–water partition coefficient (Wildman–Crippen LogP) is 5.21. The van der Waals surface area contributed by atoms with Gasteiger partial charge in [-0.15, -0.1) is 0 Å². The molecule has 1 aliphatic heterocycles. The van der Waals surface area contributed by atoms with E-state index in [0.717, 1.165) is 49.8 Å². The van der Waals surface area contributed by atoms with E-state index in [1.807, 2.05) is 42.2 Å². The second kappa shape index (κ2) is 15.3. The van der Waals surface area contributed by atoms with Crippen LogP contribution in [0.1, 0.15) is 83.6 Å². The number of aliphatic hydroxyl groups is 1. The molecule has 0 saturated carbocycles. The summed E-state index contributed by atoms with van der Waals surface area (Å²) < 4.78 is 40.9. The first-order valence-electron chi connectivity index (χ1n) is 15.4. The maximum Gasteiger partial charge on any atom is 0.416 e. The van der Waals surface area contributed by atoms with E-state index in [9.17, 15) is 27.9 Å². The second-order valence-electron chi connectivity index (χ2n) is 11.3. The summed E-state index contributed by atoms with van der Waals surface area (Å²) in [5.41, 5.74) is 1.02. The summed E-state index contributed by atoms with van der Waals surface area (Å²) in [6.45, 7) is 5.19. The van der Waals surface area contributed by atoms with Gasteiger partial charge in [-0.25, -0.2) is 0 Å². The highest BCUT2D eigenvalue weighted by Crippen LogP contribution is 2.29. The fraction of sp³-hybridized carbons (Fsp3) is 0.485. The lowest BCUT2D eigenvalue weighted by Crippen LogP contribution is -2.48. The van der Waals surface area contributed by atoms with Gasteiger partial charge in [-0.05, 0) is 56.2 Å². The summed E-state index contributed by atoms with van der Waals surface area (Å²) in [5, 5.41) is 21.5. The monoisotopic (exact) mass is 613 g/mol. The number of benzene rings is 2. The number of nitrogens with one attached hydrogen (secondary N) is 2. The predicted molar refractivity (Wildman–Crippen MR) is 162 cm³/mol. The van der Waals surface area contributed by atoms with Crippen molar-refractivity contribution < 1.29 is 27.9 Å². The number of aromatic nitrogens is 2. The highest BCUT2D eigenvalue weighted by atomic mass is 19.4. The van der Waals surface area contributed by atoms with Crippen LogP contribution in [0, 0.1) is 0 Å². The van der Waals surface area contributed by atoms with Gasteiger partial charge in [0.25, 0.3) is 11.8 Å². The summed E-state index contributed by atoms with van der Waals surface area (Å²) in [5.74, 6) is -0.649. The Hall–Kier alpha value is -3.70. The Bertz CT molecular complexity index is 1380. The molecule has 2 heterocycles. The number of aryl methyl sites for hydroxylation is 1. The van der Waals surface area contributed by atoms with Crippen LogP contribution in [-0.4, -0.2) is 62.9 Å². The zero-order valence-corrected chi connectivity index (χ0v) is 25.3. The molecule has 8 nitrogen and oxygen atoms in total. The van der Waals surface area contributed by atoms with Gasteiger partial charge in [-0.3, -0.25) is 14.3 Å². The van der Waals surface area contributed by atoms with E-state index in [0.29, 0.717) is 30.8 Å². The Kier molecular flexibility index (Phi) is 11.6. The smallest absolute Gasteiger partial charge is 0.390 e. The maximum absolute atomic E-state index is 13.6. The SMILES string of the molecule is CCC[C@H]1CCCCN1C(=O)c1cc(C(=O)N[C@@H](Cc2ccccc2)[C@@H](O)CNCc2cccc(C(F)(F)F)c2)nn1CC. The molecule has 0 aliphatic carbocycles. The largest absolute Gasteiger partial charge is 0.416 e. The quantitative estimate of drug-likeness (QED) is 0.246. The molecule has 1 aromatic heterocycles. The molecule has 0 radical (unpaired) electrons. The second-order valence-corrected chi connectivity index (χ2v) is 11.3. The molecule has 0 bridgehead atoms. The van der Waals surface area contributed by atoms with Crippen LogP contribution in [0.25, 0.3) is 0 Å². The molecule has 2 aromatic carbocycles. The molecular weight excluding hydrogens is 571 g/mol. The molecule has 1 saturated heterocycles. The van der Waals surface area contributed by atoms with Crippen molar-refractivity contribution >= 4 is 11.8 Å². The minimum atomic E-state index is -4.44. The van der Waals surface area contributed by atoms with Crippen molar-refractivity contribution in [3.8, 4) is 0 Å². The number of hydrogen-bond acceptors (Lipinski definition) is 5. The summed E-state index contributed by atoms with van der Waals surface area (Å²) in [4.78, 5) is 29.0. The number of alkyl halides is 3. The van der Waals surface area contributed by atoms with E-state index in [1.54, 1.807) is 10.7 Å². The van der Waals surface area contributed by atoms with E-state index >= 15 is 0 Å². The van der Waals surface area contributed by atoms with Crippen LogP contribution in [0.15, 0.2) is 60.7 Å². The van der Waals surface area contributed by atoms with E-state index in [-0.39, 0.29) is 30.7 Å². The van der Waals surface area contributed by atoms with E-state index in [1.165, 1.54) is 12.1 Å². The molecule has 0 spiro atoms. The molecule has 11 heteroatoms. The van der Waals surface area contributed by atoms with Gasteiger partial charge in [-0.2, -0.15) is 18.3 Å². The molecule has 1 fully saturated rings. The molecule has 4 rings (SSSR count). The summed E-state index contributed by atoms with van der Waals surface area (Å²) >= 11 is 0. The van der Waals surface area contributed by atoms with Crippen LogP contribution in [0.2, 0.25) is 0 Å². The number of halogens is 3. The topological polar surface area (TPSA) is 99.5 Å². The lowest BCUT2D eigenvalue weighted by Gasteiger charge is -2.35. The number of piperidine rings is 1. The van der Waals surface area contributed by atoms with Crippen LogP contribution in [0.5, 0.6) is 0 Å². The first-order valence-corrected chi connectivity index (χ1v) is 15.4. The van der Waals surface area contributed by atoms with Crippen molar-refractivity contribution in [3.05, 3.63) is 88.7 Å². The number of carbonyl (C=O) groups excluding carboxylic acids is 2. The average Bonchev–Trinajstić information content (AvgIpc) is 3.46. The summed E-state index contributed by atoms with van der Waals surface area (Å²) in [6, 6.07) is 15.3. The third-order valence-electron chi connectivity index (χ3n) is 8.06. The van der Waals surface area contributed by atoms with Gasteiger partial charge in [0.15, 0.2) is 5.69 Å². The van der Waals surface area contributed by atoms with Crippen molar-refractivity contribution in [1.29, 1.82) is 0 Å². The number of nitrogens with zero attached hydrogens (tertiary/aromatic N) is 3. The Morgan fingerprint density at radius 3 is 2.50 bits per heavy atom. The standard InChI is InChI=1S/C33H42F3N5O3/c1-3-11-26-16-8-9-17-40(26)32(44)29-20-28(39-41(29)4-2)31(43)38-27(19-23-12-6-5-7-13-23)30(42)22-37-21-24-14-10-15-25(18-24)33(34,35)36/h5-7,10,12-15,18,20,26-27,30,37,42H,3-4,8-9,11,16-17,19,21-22H2,1-2H3,(H,38,43)/t26-,27-,30-/m0/s1. The van der Waals surface area contributed by atoms with Crippen LogP contribution in [0.4, 0.5) is 13.2 Å². The number of rotatable bonds is 13. The summed E-state index contributed by atoms with van der Waals surface area (Å²) in [6.07, 6.45) is -0.284. The van der Waals surface area contributed by atoms with Crippen molar-refractivity contribution in [3.63, 3.8) is 0 Å². The van der Waals surface area contributed by atoms with Gasteiger partial charge in [0, 0.05) is 38.3 Å². The van der Waals surface area contributed by atoms with Crippen molar-refractivity contribution in [1.82, 2.24) is 25.3 Å². The van der Waals surface area contributed by atoms with Gasteiger partial charge in [-0.1, -0.05) is 61.9 Å². The normalized spacial score (nSPS) is 16.9. The van der Waals surface area contributed by atoms with E-state index in [4.69, 9.17) is 0 Å². The summed E-state index contributed by atoms with van der Waals surface area (Å²) in [7, 11) is 0. The van der Waals surface area contributed by atoms with Crippen molar-refractivity contribution in [2.24, 2.45) is 0 Å². The van der Waals surface area contributed by atoms with Crippen LogP contribution < -0.4 is 10.6 Å². The molecule has 3 aromatic rings. The minimum absolute atomic E-state index is 0.0228. The first-order chi connectivity index (χ1) is 21.1. The first kappa shape index (κ1) is 33.2. The average molecular weight is 614 g/mol. The molecular formula is C33H42F3N5O3. The zero-order chi connectivity index (χ0) is 31.7. The lowest BCUT2D eigenvalue weighted by atomic mass is 9.98. The van der Waals surface area contributed by atoms with E-state index < -0.39 is 29.8 Å². The number of aliphatic hydroxyl groups excluding tert-OH is 1. The van der Waals surface area contributed by atoms with Gasteiger partial charge < -0.3 is 20.6 Å². The fourth-order valence-electron chi connectivity index (χ4n) is 5.75. The number of hydrogen-bond donors (Lipinski definition) is 3. The Morgan fingerprint density at radius 1 is 1.05 bits per heavy atom. The van der Waals surface area contributed by atoms with Gasteiger partial charge in [0.05, 0.1) is 17.7 Å². The highest BCUT2D eigenvalue weighted by Gasteiger charge is 2.32. The van der Waals surface area contributed by atoms with Gasteiger partial charge in [0.1, 0.15) is 5.69 Å². The van der Waals surface area contributed by atoms with Crippen LogP contribution >= 0.6 is 0 Å². The van der Waals surface area contributed by atoms with E-state index in [2.05, 4.69) is 22.7 Å². The third kappa shape index (κ3) is 8.69. The molecule has 0 unspecified atom stereocenters. The maximum atomic E-state index is 13.6. The number of amides is 2. The molecule has 44 heavy (non-hydrogen) atoms. The highest BCUT2D eigenvalue weighted by molar-refractivity contribution is 5.98. The molecule has 3 N–H and O–H groups in total. The Labute approximate surface area is 256 Å².